The number of carbonyl (C=O) groups is 1. The number of hydrogen-bond acceptors (Lipinski definition) is 4. The molecule has 6 nitrogen and oxygen atoms in total. The molecular formula is C5H8N4O2. The molecule has 6 heteroatoms. The van der Waals surface area contributed by atoms with E-state index in [-0.39, 0.29) is 5.78 Å². The Labute approximate surface area is 62.2 Å². The number of nitrogens with zero attached hydrogens (tertiary/aromatic N) is 3. The Kier molecular flexibility index (Phi) is 1.84. The van der Waals surface area contributed by atoms with Crippen LogP contribution < -0.4 is 5.69 Å². The van der Waals surface area contributed by atoms with Gasteiger partial charge in [-0.1, -0.05) is 0 Å². The highest BCUT2D eigenvalue weighted by Gasteiger charge is 2.13. The number of carbonyl (C=O) groups excluding carboxylic acids is 1. The van der Waals surface area contributed by atoms with Crippen molar-refractivity contribution in [2.45, 2.75) is 19.9 Å². The maximum atomic E-state index is 10.8. The quantitative estimate of drug-likeness (QED) is 0.602. The number of hydrogen-bond donors (Lipinski definition) is 1. The average molecular weight is 156 g/mol. The molecular weight excluding hydrogens is 148 g/mol. The van der Waals surface area contributed by atoms with E-state index in [4.69, 9.17) is 0 Å². The lowest BCUT2D eigenvalue weighted by Gasteiger charge is -2.02. The summed E-state index contributed by atoms with van der Waals surface area (Å²) in [6, 6.07) is -0.541. The van der Waals surface area contributed by atoms with Crippen LogP contribution in [0.25, 0.3) is 0 Å². The van der Waals surface area contributed by atoms with Crippen molar-refractivity contribution in [3.63, 3.8) is 0 Å². The lowest BCUT2D eigenvalue weighted by atomic mass is 10.2. The number of H-pyrrole nitrogens is 1. The summed E-state index contributed by atoms with van der Waals surface area (Å²) in [6.45, 7) is 2.98. The fourth-order valence-electron chi connectivity index (χ4n) is 0.631. The highest BCUT2D eigenvalue weighted by molar-refractivity contribution is 5.79. The predicted octanol–water partition coefficient (Wildman–Crippen LogP) is -0.884. The Morgan fingerprint density at radius 2 is 2.36 bits per heavy atom. The van der Waals surface area contributed by atoms with Crippen LogP contribution in [0, 0.1) is 0 Å². The van der Waals surface area contributed by atoms with Crippen molar-refractivity contribution < 1.29 is 4.79 Å². The molecule has 0 saturated carbocycles. The standard InChI is InChI=1S/C5H8N4O2/c1-3(4(2)10)9-5(11)6-7-8-9/h3H,1-2H3,(H,6,8,11). The van der Waals surface area contributed by atoms with E-state index in [0.717, 1.165) is 4.68 Å². The largest absolute Gasteiger partial charge is 0.361 e. The average Bonchev–Trinajstić information content (AvgIpc) is 2.33. The summed E-state index contributed by atoms with van der Waals surface area (Å²) in [6.07, 6.45) is 0. The van der Waals surface area contributed by atoms with Crippen molar-refractivity contribution in [2.24, 2.45) is 0 Å². The van der Waals surface area contributed by atoms with E-state index in [1.807, 2.05) is 0 Å². The van der Waals surface area contributed by atoms with E-state index in [0.29, 0.717) is 0 Å². The molecule has 0 amide bonds. The first-order chi connectivity index (χ1) is 5.13. The normalized spacial score (nSPS) is 12.9. The van der Waals surface area contributed by atoms with Crippen LogP contribution in [0.3, 0.4) is 0 Å². The van der Waals surface area contributed by atoms with Crippen LogP contribution in [0.4, 0.5) is 0 Å². The van der Waals surface area contributed by atoms with E-state index >= 15 is 0 Å². The molecule has 0 saturated heterocycles. The van der Waals surface area contributed by atoms with Gasteiger partial charge in [0.25, 0.3) is 0 Å². The van der Waals surface area contributed by atoms with E-state index < -0.39 is 11.7 Å². The van der Waals surface area contributed by atoms with Gasteiger partial charge < -0.3 is 0 Å². The molecule has 0 spiro atoms. The molecule has 1 heterocycles. The third-order valence-corrected chi connectivity index (χ3v) is 1.45. The van der Waals surface area contributed by atoms with Gasteiger partial charge in [-0.2, -0.15) is 4.68 Å². The third-order valence-electron chi connectivity index (χ3n) is 1.45. The summed E-state index contributed by atoms with van der Waals surface area (Å²) < 4.78 is 1.00. The molecule has 1 unspecified atom stereocenters. The van der Waals surface area contributed by atoms with Crippen LogP contribution in [0.15, 0.2) is 4.79 Å². The van der Waals surface area contributed by atoms with E-state index in [2.05, 4.69) is 15.5 Å². The van der Waals surface area contributed by atoms with Crippen molar-refractivity contribution in [2.75, 3.05) is 0 Å². The van der Waals surface area contributed by atoms with Gasteiger partial charge in [-0.15, -0.1) is 0 Å². The fourth-order valence-corrected chi connectivity index (χ4v) is 0.631. The monoisotopic (exact) mass is 156 g/mol. The molecule has 1 aromatic heterocycles. The zero-order valence-corrected chi connectivity index (χ0v) is 6.24. The molecule has 0 aliphatic heterocycles. The van der Waals surface area contributed by atoms with Gasteiger partial charge in [-0.3, -0.25) is 4.79 Å². The van der Waals surface area contributed by atoms with Crippen LogP contribution in [-0.2, 0) is 4.79 Å². The van der Waals surface area contributed by atoms with Gasteiger partial charge in [0, 0.05) is 0 Å². The molecule has 0 bridgehead atoms. The Bertz CT molecular complexity index is 312. The van der Waals surface area contributed by atoms with Crippen LogP contribution in [0.5, 0.6) is 0 Å². The zero-order chi connectivity index (χ0) is 8.43. The van der Waals surface area contributed by atoms with Crippen molar-refractivity contribution in [1.82, 2.24) is 20.2 Å². The zero-order valence-electron chi connectivity index (χ0n) is 6.24. The number of aromatic nitrogens is 4. The van der Waals surface area contributed by atoms with Gasteiger partial charge >= 0.3 is 5.69 Å². The number of nitrogens with one attached hydrogen (secondary N) is 1. The topological polar surface area (TPSA) is 80.6 Å². The molecule has 0 aliphatic carbocycles. The second-order valence-electron chi connectivity index (χ2n) is 2.24. The number of tetrazole rings is 1. The molecule has 0 radical (unpaired) electrons. The minimum absolute atomic E-state index is 0.124. The van der Waals surface area contributed by atoms with Gasteiger partial charge in [0.05, 0.1) is 0 Å². The van der Waals surface area contributed by atoms with Gasteiger partial charge in [0.1, 0.15) is 6.04 Å². The number of ketones is 1. The lowest BCUT2D eigenvalue weighted by molar-refractivity contribution is -0.120. The number of Topliss-reactive ketones (excluding diaryl/α,β-unsaturated/α-hetero) is 1. The van der Waals surface area contributed by atoms with Crippen molar-refractivity contribution in [3.05, 3.63) is 10.5 Å². The molecule has 1 aromatic rings. The molecule has 60 valence electrons. The molecule has 1 atom stereocenters. The van der Waals surface area contributed by atoms with Crippen LogP contribution >= 0.6 is 0 Å². The van der Waals surface area contributed by atoms with Gasteiger partial charge in [0.15, 0.2) is 5.78 Å². The summed E-state index contributed by atoms with van der Waals surface area (Å²) in [5, 5.41) is 8.76. The van der Waals surface area contributed by atoms with E-state index in [1.165, 1.54) is 6.92 Å². The summed E-state index contributed by atoms with van der Waals surface area (Å²) in [7, 11) is 0. The Morgan fingerprint density at radius 3 is 2.73 bits per heavy atom. The molecule has 0 fully saturated rings. The molecule has 0 aromatic carbocycles. The highest BCUT2D eigenvalue weighted by Crippen LogP contribution is 1.97. The molecule has 1 rings (SSSR count). The van der Waals surface area contributed by atoms with Crippen LogP contribution in [-0.4, -0.2) is 26.0 Å². The maximum Gasteiger partial charge on any atom is 0.361 e. The minimum atomic E-state index is -0.541. The van der Waals surface area contributed by atoms with Crippen LogP contribution in [0.2, 0.25) is 0 Å². The van der Waals surface area contributed by atoms with Gasteiger partial charge in [-0.25, -0.2) is 9.89 Å². The predicted molar refractivity (Wildman–Crippen MR) is 36.0 cm³/mol. The van der Waals surface area contributed by atoms with Crippen molar-refractivity contribution in [3.8, 4) is 0 Å². The maximum absolute atomic E-state index is 10.8. The third kappa shape index (κ3) is 1.34. The number of rotatable bonds is 2. The summed E-state index contributed by atoms with van der Waals surface area (Å²) in [4.78, 5) is 21.5. The van der Waals surface area contributed by atoms with Crippen LogP contribution in [0.1, 0.15) is 19.9 Å². The second kappa shape index (κ2) is 2.65. The van der Waals surface area contributed by atoms with E-state index in [9.17, 15) is 9.59 Å². The number of aromatic amines is 1. The first-order valence-corrected chi connectivity index (χ1v) is 3.13. The van der Waals surface area contributed by atoms with Gasteiger partial charge in [-0.05, 0) is 24.3 Å². The van der Waals surface area contributed by atoms with Crippen molar-refractivity contribution >= 4 is 5.78 Å². The summed E-state index contributed by atoms with van der Waals surface area (Å²) in [5.74, 6) is -0.124. The lowest BCUT2D eigenvalue weighted by Crippen LogP contribution is -2.25. The van der Waals surface area contributed by atoms with E-state index in [1.54, 1.807) is 6.92 Å². The SMILES string of the molecule is CC(=O)C(C)n1nn[nH]c1=O. The Hall–Kier alpha value is -1.46. The fraction of sp³-hybridized carbons (Fsp3) is 0.600. The minimum Gasteiger partial charge on any atom is -0.298 e. The molecule has 0 aliphatic rings. The Balaban J connectivity index is 3.02. The summed E-state index contributed by atoms with van der Waals surface area (Å²) in [5.41, 5.74) is -0.465. The summed E-state index contributed by atoms with van der Waals surface area (Å²) >= 11 is 0. The molecule has 11 heavy (non-hydrogen) atoms. The molecule has 1 N–H and O–H groups in total. The second-order valence-corrected chi connectivity index (χ2v) is 2.24. The highest BCUT2D eigenvalue weighted by atomic mass is 16.2. The van der Waals surface area contributed by atoms with Crippen molar-refractivity contribution in [1.29, 1.82) is 0 Å². The first-order valence-electron chi connectivity index (χ1n) is 3.13. The Morgan fingerprint density at radius 1 is 1.73 bits per heavy atom. The van der Waals surface area contributed by atoms with Gasteiger partial charge in [0.2, 0.25) is 0 Å². The smallest absolute Gasteiger partial charge is 0.298 e. The first kappa shape index (κ1) is 7.64.